The van der Waals surface area contributed by atoms with Gasteiger partial charge in [-0.25, -0.2) is 4.98 Å². The zero-order valence-corrected chi connectivity index (χ0v) is 14.5. The summed E-state index contributed by atoms with van der Waals surface area (Å²) < 4.78 is 0. The van der Waals surface area contributed by atoms with Crippen molar-refractivity contribution in [1.82, 2.24) is 14.9 Å². The Hall–Kier alpha value is -2.18. The number of amides is 1. The van der Waals surface area contributed by atoms with Crippen LogP contribution in [0.2, 0.25) is 0 Å². The molecular weight excluding hydrogens is 320 g/mol. The molecule has 25 heavy (non-hydrogen) atoms. The number of nitrogens with zero attached hydrogens (tertiary/aromatic N) is 4. The van der Waals surface area contributed by atoms with Crippen LogP contribution in [0.3, 0.4) is 0 Å². The van der Waals surface area contributed by atoms with Gasteiger partial charge >= 0.3 is 5.97 Å². The van der Waals surface area contributed by atoms with E-state index < -0.39 is 5.97 Å². The second kappa shape index (κ2) is 8.27. The molecule has 2 aliphatic rings. The Bertz CT molecular complexity index is 587. The summed E-state index contributed by atoms with van der Waals surface area (Å²) in [5, 5.41) is 8.85. The first-order valence-corrected chi connectivity index (χ1v) is 9.15. The first kappa shape index (κ1) is 17.6. The molecule has 3 heterocycles. The van der Waals surface area contributed by atoms with E-state index in [1.54, 1.807) is 18.6 Å². The minimum atomic E-state index is -0.750. The number of hydrogen-bond donors (Lipinski definition) is 1. The molecule has 0 radical (unpaired) electrons. The Labute approximate surface area is 148 Å². The number of anilines is 1. The number of carboxylic acids is 1. The van der Waals surface area contributed by atoms with Crippen molar-refractivity contribution >= 4 is 17.7 Å². The third-order valence-corrected chi connectivity index (χ3v) is 5.31. The van der Waals surface area contributed by atoms with E-state index >= 15 is 0 Å². The summed E-state index contributed by atoms with van der Waals surface area (Å²) in [5.74, 6) is 0.776. The molecule has 136 valence electrons. The molecule has 0 bridgehead atoms. The van der Waals surface area contributed by atoms with Crippen LogP contribution in [-0.2, 0) is 9.59 Å². The van der Waals surface area contributed by atoms with Gasteiger partial charge in [0.2, 0.25) is 5.91 Å². The molecule has 1 aromatic heterocycles. The van der Waals surface area contributed by atoms with Gasteiger partial charge in [0, 0.05) is 50.9 Å². The molecule has 1 amide bonds. The van der Waals surface area contributed by atoms with Crippen LogP contribution in [0.5, 0.6) is 0 Å². The van der Waals surface area contributed by atoms with Crippen molar-refractivity contribution in [3.8, 4) is 0 Å². The topological polar surface area (TPSA) is 86.6 Å². The zero-order valence-electron chi connectivity index (χ0n) is 14.5. The fraction of sp³-hybridized carbons (Fsp3) is 0.667. The highest BCUT2D eigenvalue weighted by Gasteiger charge is 2.31. The monoisotopic (exact) mass is 346 g/mol. The van der Waals surface area contributed by atoms with Gasteiger partial charge in [-0.15, -0.1) is 0 Å². The lowest BCUT2D eigenvalue weighted by molar-refractivity contribution is -0.138. The van der Waals surface area contributed by atoms with Crippen LogP contribution in [-0.4, -0.2) is 58.0 Å². The van der Waals surface area contributed by atoms with E-state index in [-0.39, 0.29) is 18.2 Å². The molecule has 1 aromatic rings. The van der Waals surface area contributed by atoms with Crippen molar-refractivity contribution in [3.05, 3.63) is 18.6 Å². The van der Waals surface area contributed by atoms with Gasteiger partial charge in [0.25, 0.3) is 0 Å². The first-order chi connectivity index (χ1) is 12.1. The highest BCUT2D eigenvalue weighted by molar-refractivity contribution is 5.79. The van der Waals surface area contributed by atoms with Gasteiger partial charge in [-0.1, -0.05) is 0 Å². The maximum absolute atomic E-state index is 12.8. The van der Waals surface area contributed by atoms with E-state index in [4.69, 9.17) is 5.11 Å². The number of aromatic nitrogens is 2. The fourth-order valence-electron chi connectivity index (χ4n) is 3.90. The summed E-state index contributed by atoms with van der Waals surface area (Å²) >= 11 is 0. The highest BCUT2D eigenvalue weighted by atomic mass is 16.4. The predicted octanol–water partition coefficient (Wildman–Crippen LogP) is 1.80. The lowest BCUT2D eigenvalue weighted by atomic mass is 9.90. The van der Waals surface area contributed by atoms with Crippen LogP contribution in [0.4, 0.5) is 5.82 Å². The number of aliphatic carboxylic acids is 1. The molecule has 0 spiro atoms. The highest BCUT2D eigenvalue weighted by Crippen LogP contribution is 2.26. The quantitative estimate of drug-likeness (QED) is 0.875. The molecule has 0 aromatic carbocycles. The molecule has 7 heteroatoms. The van der Waals surface area contributed by atoms with E-state index in [0.29, 0.717) is 12.3 Å². The van der Waals surface area contributed by atoms with Crippen LogP contribution in [0.1, 0.15) is 38.5 Å². The number of carboxylic acid groups (broad SMARTS) is 1. The van der Waals surface area contributed by atoms with Crippen molar-refractivity contribution in [2.75, 3.05) is 31.1 Å². The molecule has 0 saturated carbocycles. The molecule has 2 aliphatic heterocycles. The summed E-state index contributed by atoms with van der Waals surface area (Å²) in [4.78, 5) is 36.2. The maximum Gasteiger partial charge on any atom is 0.303 e. The molecule has 1 N–H and O–H groups in total. The van der Waals surface area contributed by atoms with Gasteiger partial charge in [-0.05, 0) is 38.0 Å². The molecule has 1 atom stereocenters. The van der Waals surface area contributed by atoms with Crippen molar-refractivity contribution in [3.63, 3.8) is 0 Å². The molecule has 0 unspecified atom stereocenters. The van der Waals surface area contributed by atoms with Crippen molar-refractivity contribution in [2.24, 2.45) is 11.8 Å². The summed E-state index contributed by atoms with van der Waals surface area (Å²) in [6, 6.07) is 0. The number of piperidine rings is 2. The molecular formula is C18H26N4O3. The van der Waals surface area contributed by atoms with Crippen LogP contribution < -0.4 is 4.90 Å². The number of carbonyl (C=O) groups is 2. The van der Waals surface area contributed by atoms with Crippen LogP contribution in [0.15, 0.2) is 18.6 Å². The van der Waals surface area contributed by atoms with Gasteiger partial charge in [0.05, 0.1) is 6.20 Å². The summed E-state index contributed by atoms with van der Waals surface area (Å²) in [5.41, 5.74) is 0. The van der Waals surface area contributed by atoms with Gasteiger partial charge < -0.3 is 14.9 Å². The average molecular weight is 346 g/mol. The molecule has 7 nitrogen and oxygen atoms in total. The standard InChI is InChI=1S/C18H26N4O3/c23-17(24)4-3-14-2-1-9-22(13-14)18(25)15-5-10-21(11-6-15)16-12-19-7-8-20-16/h7-8,12,14-15H,1-6,9-11,13H2,(H,23,24)/t14-/m0/s1. The first-order valence-electron chi connectivity index (χ1n) is 9.15. The minimum Gasteiger partial charge on any atom is -0.481 e. The normalized spacial score (nSPS) is 22.0. The van der Waals surface area contributed by atoms with Gasteiger partial charge in [0.1, 0.15) is 5.82 Å². The number of rotatable bonds is 5. The minimum absolute atomic E-state index is 0.0751. The average Bonchev–Trinajstić information content (AvgIpc) is 2.67. The van der Waals surface area contributed by atoms with E-state index in [2.05, 4.69) is 14.9 Å². The maximum atomic E-state index is 12.8. The number of carbonyl (C=O) groups excluding carboxylic acids is 1. The Balaban J connectivity index is 1.49. The van der Waals surface area contributed by atoms with Crippen LogP contribution >= 0.6 is 0 Å². The molecule has 0 aliphatic carbocycles. The summed E-state index contributed by atoms with van der Waals surface area (Å²) in [6.07, 6.45) is 9.68. The fourth-order valence-corrected chi connectivity index (χ4v) is 3.90. The lowest BCUT2D eigenvalue weighted by Crippen LogP contribution is -2.46. The lowest BCUT2D eigenvalue weighted by Gasteiger charge is -2.38. The largest absolute Gasteiger partial charge is 0.481 e. The van der Waals surface area contributed by atoms with Crippen molar-refractivity contribution < 1.29 is 14.7 Å². The second-order valence-corrected chi connectivity index (χ2v) is 7.05. The van der Waals surface area contributed by atoms with E-state index in [0.717, 1.165) is 57.7 Å². The second-order valence-electron chi connectivity index (χ2n) is 7.05. The van der Waals surface area contributed by atoms with Gasteiger partial charge in [-0.3, -0.25) is 14.6 Å². The number of likely N-dealkylation sites (tertiary alicyclic amines) is 1. The summed E-state index contributed by atoms with van der Waals surface area (Å²) in [7, 11) is 0. The summed E-state index contributed by atoms with van der Waals surface area (Å²) in [6.45, 7) is 3.18. The smallest absolute Gasteiger partial charge is 0.303 e. The zero-order chi connectivity index (χ0) is 17.6. The molecule has 2 fully saturated rings. The van der Waals surface area contributed by atoms with Gasteiger partial charge in [0.15, 0.2) is 0 Å². The van der Waals surface area contributed by atoms with Crippen molar-refractivity contribution in [1.29, 1.82) is 0 Å². The third-order valence-electron chi connectivity index (χ3n) is 5.31. The van der Waals surface area contributed by atoms with Crippen molar-refractivity contribution in [2.45, 2.75) is 38.5 Å². The van der Waals surface area contributed by atoms with E-state index in [1.165, 1.54) is 0 Å². The Morgan fingerprint density at radius 2 is 1.96 bits per heavy atom. The van der Waals surface area contributed by atoms with Gasteiger partial charge in [-0.2, -0.15) is 0 Å². The Morgan fingerprint density at radius 3 is 2.64 bits per heavy atom. The molecule has 2 saturated heterocycles. The Morgan fingerprint density at radius 1 is 1.16 bits per heavy atom. The predicted molar refractivity (Wildman–Crippen MR) is 93.1 cm³/mol. The molecule has 3 rings (SSSR count). The van der Waals surface area contributed by atoms with Crippen LogP contribution in [0.25, 0.3) is 0 Å². The Kier molecular flexibility index (Phi) is 5.83. The van der Waals surface area contributed by atoms with E-state index in [9.17, 15) is 9.59 Å². The van der Waals surface area contributed by atoms with Crippen LogP contribution in [0, 0.1) is 11.8 Å². The SMILES string of the molecule is O=C(O)CC[C@@H]1CCCN(C(=O)C2CCN(c3cnccn3)CC2)C1. The number of hydrogen-bond acceptors (Lipinski definition) is 5. The van der Waals surface area contributed by atoms with E-state index in [1.807, 2.05) is 4.90 Å². The third kappa shape index (κ3) is 4.67.